The average molecular weight is 496 g/mol. The zero-order valence-electron chi connectivity index (χ0n) is 19.7. The molecule has 9 nitrogen and oxygen atoms in total. The molecule has 3 aromatic rings. The molecule has 5 rings (SSSR count). The molecule has 1 atom stereocenters. The molecule has 1 N–H and O–H groups in total. The van der Waals surface area contributed by atoms with Crippen LogP contribution in [-0.4, -0.2) is 65.9 Å². The van der Waals surface area contributed by atoms with Crippen molar-refractivity contribution in [3.8, 4) is 22.9 Å². The van der Waals surface area contributed by atoms with Crippen molar-refractivity contribution in [1.29, 1.82) is 0 Å². The van der Waals surface area contributed by atoms with E-state index in [1.54, 1.807) is 7.11 Å². The lowest BCUT2D eigenvalue weighted by Crippen LogP contribution is -2.41. The Morgan fingerprint density at radius 3 is 2.69 bits per heavy atom. The molecule has 0 radical (unpaired) electrons. The van der Waals surface area contributed by atoms with Crippen LogP contribution >= 0.6 is 11.8 Å². The molecule has 184 valence electrons. The van der Waals surface area contributed by atoms with E-state index in [9.17, 15) is 4.79 Å². The zero-order valence-corrected chi connectivity index (χ0v) is 20.5. The van der Waals surface area contributed by atoms with Crippen molar-refractivity contribution in [3.05, 3.63) is 48.5 Å². The fraction of sp³-hybridized carbons (Fsp3) is 0.400. The Hall–Kier alpha value is -3.40. The number of hydrogen-bond acceptors (Lipinski definition) is 8. The van der Waals surface area contributed by atoms with E-state index in [2.05, 4.69) is 20.4 Å². The number of hydrogen-bond donors (Lipinski definition) is 1. The Morgan fingerprint density at radius 1 is 1.09 bits per heavy atom. The number of fused-ring (bicyclic) bond motifs is 1. The second kappa shape index (κ2) is 10.9. The van der Waals surface area contributed by atoms with Gasteiger partial charge in [0.15, 0.2) is 16.7 Å². The SMILES string of the molecule is COc1ccccc1-n1c(SCC(=O)NCC2COc3ccccc3O2)nnc1N1CCCCC1. The van der Waals surface area contributed by atoms with Crippen LogP contribution in [0.2, 0.25) is 0 Å². The highest BCUT2D eigenvalue weighted by Gasteiger charge is 2.25. The number of carbonyl (C=O) groups excluding carboxylic acids is 1. The normalized spacial score (nSPS) is 17.2. The van der Waals surface area contributed by atoms with Crippen LogP contribution in [0.5, 0.6) is 17.2 Å². The van der Waals surface area contributed by atoms with Crippen LogP contribution in [0, 0.1) is 0 Å². The average Bonchev–Trinajstić information content (AvgIpc) is 3.34. The molecule has 35 heavy (non-hydrogen) atoms. The molecular weight excluding hydrogens is 466 g/mol. The highest BCUT2D eigenvalue weighted by Crippen LogP contribution is 2.33. The molecule has 0 saturated carbocycles. The molecule has 1 fully saturated rings. The standard InChI is InChI=1S/C25H29N5O4S/c1-32-20-10-4-3-9-19(20)30-24(29-13-7-2-8-14-29)27-28-25(30)35-17-23(31)26-15-18-16-33-21-11-5-6-12-22(21)34-18/h3-6,9-12,18H,2,7-8,13-17H2,1H3,(H,26,31). The lowest BCUT2D eigenvalue weighted by atomic mass is 10.1. The Morgan fingerprint density at radius 2 is 1.86 bits per heavy atom. The molecule has 0 bridgehead atoms. The molecular formula is C25H29N5O4S. The van der Waals surface area contributed by atoms with Gasteiger partial charge in [-0.15, -0.1) is 10.2 Å². The number of benzene rings is 2. The van der Waals surface area contributed by atoms with E-state index in [0.29, 0.717) is 24.1 Å². The smallest absolute Gasteiger partial charge is 0.232 e. The molecule has 0 spiro atoms. The van der Waals surface area contributed by atoms with Crippen LogP contribution in [0.4, 0.5) is 5.95 Å². The van der Waals surface area contributed by atoms with E-state index in [1.807, 2.05) is 53.1 Å². The van der Waals surface area contributed by atoms with Crippen LogP contribution < -0.4 is 24.4 Å². The van der Waals surface area contributed by atoms with Gasteiger partial charge in [-0.05, 0) is 43.5 Å². The largest absolute Gasteiger partial charge is 0.495 e. The van der Waals surface area contributed by atoms with E-state index >= 15 is 0 Å². The first-order chi connectivity index (χ1) is 17.2. The molecule has 1 aromatic heterocycles. The first-order valence-corrected chi connectivity index (χ1v) is 12.8. The Balaban J connectivity index is 1.26. The first-order valence-electron chi connectivity index (χ1n) is 11.8. The number of anilines is 1. The van der Waals surface area contributed by atoms with Crippen LogP contribution in [-0.2, 0) is 4.79 Å². The zero-order chi connectivity index (χ0) is 24.0. The van der Waals surface area contributed by atoms with Crippen molar-refractivity contribution >= 4 is 23.6 Å². The van der Waals surface area contributed by atoms with Gasteiger partial charge in [0.2, 0.25) is 11.9 Å². The van der Waals surface area contributed by atoms with Crippen molar-refractivity contribution in [2.75, 3.05) is 44.0 Å². The number of methoxy groups -OCH3 is 1. The van der Waals surface area contributed by atoms with Gasteiger partial charge in [-0.3, -0.25) is 9.36 Å². The second-order valence-electron chi connectivity index (χ2n) is 8.43. The summed E-state index contributed by atoms with van der Waals surface area (Å²) in [5.74, 6) is 3.03. The number of piperidine rings is 1. The summed E-state index contributed by atoms with van der Waals surface area (Å²) in [6.07, 6.45) is 3.24. The van der Waals surface area contributed by atoms with Crippen molar-refractivity contribution in [2.24, 2.45) is 0 Å². The summed E-state index contributed by atoms with van der Waals surface area (Å²) in [5.41, 5.74) is 0.856. The summed E-state index contributed by atoms with van der Waals surface area (Å²) in [6.45, 7) is 2.63. The molecule has 2 aliphatic rings. The minimum atomic E-state index is -0.234. The van der Waals surface area contributed by atoms with Crippen molar-refractivity contribution in [3.63, 3.8) is 0 Å². The number of nitrogens with one attached hydrogen (secondary N) is 1. The maximum absolute atomic E-state index is 12.7. The Bertz CT molecular complexity index is 1160. The summed E-state index contributed by atoms with van der Waals surface area (Å²) < 4.78 is 19.3. The fourth-order valence-electron chi connectivity index (χ4n) is 4.25. The van der Waals surface area contributed by atoms with Gasteiger partial charge in [0.25, 0.3) is 0 Å². The van der Waals surface area contributed by atoms with Gasteiger partial charge in [-0.2, -0.15) is 0 Å². The summed E-state index contributed by atoms with van der Waals surface area (Å²) in [5, 5.41) is 12.5. The summed E-state index contributed by atoms with van der Waals surface area (Å²) in [6, 6.07) is 15.3. The Labute approximate surface area is 208 Å². The van der Waals surface area contributed by atoms with Gasteiger partial charge in [0.05, 0.1) is 25.1 Å². The topological polar surface area (TPSA) is 90.7 Å². The van der Waals surface area contributed by atoms with Crippen LogP contribution in [0.25, 0.3) is 5.69 Å². The minimum Gasteiger partial charge on any atom is -0.495 e. The quantitative estimate of drug-likeness (QED) is 0.476. The van der Waals surface area contributed by atoms with Gasteiger partial charge >= 0.3 is 0 Å². The predicted molar refractivity (Wildman–Crippen MR) is 134 cm³/mol. The highest BCUT2D eigenvalue weighted by atomic mass is 32.2. The molecule has 10 heteroatoms. The maximum atomic E-state index is 12.7. The number of amides is 1. The molecule has 1 unspecified atom stereocenters. The van der Waals surface area contributed by atoms with Gasteiger partial charge in [0.1, 0.15) is 18.5 Å². The number of thioether (sulfide) groups is 1. The second-order valence-corrected chi connectivity index (χ2v) is 9.37. The van der Waals surface area contributed by atoms with Gasteiger partial charge in [0, 0.05) is 13.1 Å². The minimum absolute atomic E-state index is 0.105. The van der Waals surface area contributed by atoms with E-state index in [0.717, 1.165) is 49.1 Å². The van der Waals surface area contributed by atoms with Gasteiger partial charge in [-0.1, -0.05) is 36.0 Å². The molecule has 3 heterocycles. The lowest BCUT2D eigenvalue weighted by Gasteiger charge is -2.28. The maximum Gasteiger partial charge on any atom is 0.232 e. The van der Waals surface area contributed by atoms with Crippen LogP contribution in [0.15, 0.2) is 53.7 Å². The van der Waals surface area contributed by atoms with Crippen LogP contribution in [0.1, 0.15) is 19.3 Å². The molecule has 1 saturated heterocycles. The third-order valence-electron chi connectivity index (χ3n) is 6.01. The molecule has 1 amide bonds. The van der Waals surface area contributed by atoms with E-state index < -0.39 is 0 Å². The number of para-hydroxylation sites is 4. The van der Waals surface area contributed by atoms with Gasteiger partial charge < -0.3 is 24.4 Å². The van der Waals surface area contributed by atoms with Crippen LogP contribution in [0.3, 0.4) is 0 Å². The van der Waals surface area contributed by atoms with Crippen molar-refractivity contribution in [2.45, 2.75) is 30.5 Å². The fourth-order valence-corrected chi connectivity index (χ4v) is 5.02. The molecule has 2 aromatic carbocycles. The van der Waals surface area contributed by atoms with Gasteiger partial charge in [-0.25, -0.2) is 0 Å². The van der Waals surface area contributed by atoms with Crippen molar-refractivity contribution < 1.29 is 19.0 Å². The number of ether oxygens (including phenoxy) is 3. The first kappa shape index (κ1) is 23.3. The summed E-state index contributed by atoms with van der Waals surface area (Å²) in [7, 11) is 1.65. The van der Waals surface area contributed by atoms with E-state index in [-0.39, 0.29) is 17.8 Å². The van der Waals surface area contributed by atoms with E-state index in [4.69, 9.17) is 14.2 Å². The summed E-state index contributed by atoms with van der Waals surface area (Å²) >= 11 is 1.35. The van der Waals surface area contributed by atoms with E-state index in [1.165, 1.54) is 18.2 Å². The summed E-state index contributed by atoms with van der Waals surface area (Å²) in [4.78, 5) is 14.9. The number of rotatable bonds is 8. The third-order valence-corrected chi connectivity index (χ3v) is 6.94. The number of aromatic nitrogens is 3. The lowest BCUT2D eigenvalue weighted by molar-refractivity contribution is -0.119. The Kier molecular flexibility index (Phi) is 7.27. The number of carbonyl (C=O) groups is 1. The monoisotopic (exact) mass is 495 g/mol. The molecule has 0 aliphatic carbocycles. The number of nitrogens with zero attached hydrogens (tertiary/aromatic N) is 4. The van der Waals surface area contributed by atoms with Crippen molar-refractivity contribution in [1.82, 2.24) is 20.1 Å². The highest BCUT2D eigenvalue weighted by molar-refractivity contribution is 7.99. The third kappa shape index (κ3) is 5.32. The predicted octanol–water partition coefficient (Wildman–Crippen LogP) is 3.31. The molecule has 2 aliphatic heterocycles.